The van der Waals surface area contributed by atoms with Crippen molar-refractivity contribution in [3.63, 3.8) is 0 Å². The Hall–Kier alpha value is -1.05. The molecule has 0 aliphatic carbocycles. The molecule has 1 rings (SSSR count). The maximum atomic E-state index is 12.4. The van der Waals surface area contributed by atoms with Gasteiger partial charge in [0.05, 0.1) is 25.3 Å². The summed E-state index contributed by atoms with van der Waals surface area (Å²) in [6, 6.07) is 0. The van der Waals surface area contributed by atoms with Crippen molar-refractivity contribution in [1.82, 2.24) is 14.9 Å². The molecule has 1 aromatic rings. The number of rotatable bonds is 6. The summed E-state index contributed by atoms with van der Waals surface area (Å²) in [6.07, 6.45) is 2.45. The topological polar surface area (TPSA) is 70.3 Å². The zero-order chi connectivity index (χ0) is 12.2. The van der Waals surface area contributed by atoms with Gasteiger partial charge in [-0.25, -0.2) is 4.98 Å². The molecule has 0 bridgehead atoms. The van der Waals surface area contributed by atoms with Crippen LogP contribution in [-0.2, 0) is 6.54 Å². The van der Waals surface area contributed by atoms with E-state index < -0.39 is 12.1 Å². The van der Waals surface area contributed by atoms with E-state index in [9.17, 15) is 8.78 Å². The van der Waals surface area contributed by atoms with E-state index >= 15 is 0 Å². The van der Waals surface area contributed by atoms with Crippen molar-refractivity contribution in [1.29, 1.82) is 0 Å². The van der Waals surface area contributed by atoms with Gasteiger partial charge in [0.2, 0.25) is 0 Å². The standard InChI is InChI=1S/C9H15F2N3O2/c1-9(5-15,6-16)13-4-7-12-2-3-14(7)8(10)11/h2-3,8,13,15-16H,4-6H2,1H3. The fourth-order valence-electron chi connectivity index (χ4n) is 1.11. The summed E-state index contributed by atoms with van der Waals surface area (Å²) in [5.74, 6) is 0.156. The maximum Gasteiger partial charge on any atom is 0.319 e. The van der Waals surface area contributed by atoms with Gasteiger partial charge in [-0.3, -0.25) is 4.57 Å². The zero-order valence-electron chi connectivity index (χ0n) is 8.90. The number of aliphatic hydroxyl groups is 2. The van der Waals surface area contributed by atoms with Crippen molar-refractivity contribution in [3.8, 4) is 0 Å². The lowest BCUT2D eigenvalue weighted by Gasteiger charge is -2.26. The van der Waals surface area contributed by atoms with Crippen LogP contribution in [0.3, 0.4) is 0 Å². The lowest BCUT2D eigenvalue weighted by Crippen LogP contribution is -2.48. The van der Waals surface area contributed by atoms with Crippen molar-refractivity contribution in [2.75, 3.05) is 13.2 Å². The van der Waals surface area contributed by atoms with Crippen molar-refractivity contribution >= 4 is 0 Å². The molecule has 1 heterocycles. The van der Waals surface area contributed by atoms with Crippen LogP contribution in [0.1, 0.15) is 19.3 Å². The SMILES string of the molecule is CC(CO)(CO)NCc1nccn1C(F)F. The third-order valence-electron chi connectivity index (χ3n) is 2.33. The second-order valence-corrected chi connectivity index (χ2v) is 3.76. The molecular weight excluding hydrogens is 220 g/mol. The van der Waals surface area contributed by atoms with Gasteiger partial charge in [-0.05, 0) is 6.92 Å². The Morgan fingerprint density at radius 1 is 1.50 bits per heavy atom. The third-order valence-corrected chi connectivity index (χ3v) is 2.33. The largest absolute Gasteiger partial charge is 0.394 e. The third kappa shape index (κ3) is 2.97. The first-order valence-electron chi connectivity index (χ1n) is 4.79. The van der Waals surface area contributed by atoms with Crippen molar-refractivity contribution in [2.24, 2.45) is 0 Å². The summed E-state index contributed by atoms with van der Waals surface area (Å²) in [7, 11) is 0. The second kappa shape index (κ2) is 5.33. The van der Waals surface area contributed by atoms with Crippen LogP contribution in [0, 0.1) is 0 Å². The maximum absolute atomic E-state index is 12.4. The Balaban J connectivity index is 2.64. The highest BCUT2D eigenvalue weighted by molar-refractivity contribution is 4.94. The van der Waals surface area contributed by atoms with E-state index in [0.717, 1.165) is 4.57 Å². The van der Waals surface area contributed by atoms with E-state index in [1.165, 1.54) is 12.4 Å². The van der Waals surface area contributed by atoms with Crippen LogP contribution >= 0.6 is 0 Å². The Labute approximate surface area is 91.7 Å². The molecule has 16 heavy (non-hydrogen) atoms. The number of alkyl halides is 2. The van der Waals surface area contributed by atoms with Gasteiger partial charge in [-0.1, -0.05) is 0 Å². The molecule has 0 aliphatic rings. The molecule has 0 saturated heterocycles. The minimum atomic E-state index is -2.64. The molecular formula is C9H15F2N3O2. The number of aliphatic hydroxyl groups excluding tert-OH is 2. The van der Waals surface area contributed by atoms with Crippen molar-refractivity contribution < 1.29 is 19.0 Å². The molecule has 7 heteroatoms. The van der Waals surface area contributed by atoms with Crippen LogP contribution in [0.5, 0.6) is 0 Å². The van der Waals surface area contributed by atoms with Crippen molar-refractivity contribution in [3.05, 3.63) is 18.2 Å². The van der Waals surface area contributed by atoms with Gasteiger partial charge in [0.1, 0.15) is 5.82 Å². The number of halogens is 2. The van der Waals surface area contributed by atoms with E-state index in [0.29, 0.717) is 0 Å². The van der Waals surface area contributed by atoms with Gasteiger partial charge in [0, 0.05) is 12.4 Å². The molecule has 92 valence electrons. The molecule has 0 aromatic carbocycles. The average Bonchev–Trinajstić information content (AvgIpc) is 2.74. The number of imidazole rings is 1. The Morgan fingerprint density at radius 2 is 2.12 bits per heavy atom. The van der Waals surface area contributed by atoms with Crippen LogP contribution in [0.2, 0.25) is 0 Å². The van der Waals surface area contributed by atoms with Crippen molar-refractivity contribution in [2.45, 2.75) is 25.6 Å². The van der Waals surface area contributed by atoms with Gasteiger partial charge < -0.3 is 15.5 Å². The van der Waals surface area contributed by atoms with Gasteiger partial charge in [0.15, 0.2) is 0 Å². The van der Waals surface area contributed by atoms with Crippen LogP contribution in [0.25, 0.3) is 0 Å². The van der Waals surface area contributed by atoms with E-state index in [-0.39, 0.29) is 25.6 Å². The Bertz CT molecular complexity index is 326. The molecule has 0 atom stereocenters. The first kappa shape index (κ1) is 13.0. The highest BCUT2D eigenvalue weighted by Crippen LogP contribution is 2.13. The number of hydrogen-bond donors (Lipinski definition) is 3. The highest BCUT2D eigenvalue weighted by Gasteiger charge is 2.22. The molecule has 0 unspecified atom stereocenters. The molecule has 0 fully saturated rings. The van der Waals surface area contributed by atoms with E-state index in [2.05, 4.69) is 10.3 Å². The molecule has 1 aromatic heterocycles. The summed E-state index contributed by atoms with van der Waals surface area (Å²) >= 11 is 0. The first-order chi connectivity index (χ1) is 7.52. The van der Waals surface area contributed by atoms with Gasteiger partial charge in [-0.15, -0.1) is 0 Å². The molecule has 0 saturated carbocycles. The fraction of sp³-hybridized carbons (Fsp3) is 0.667. The number of aromatic nitrogens is 2. The predicted molar refractivity (Wildman–Crippen MR) is 52.9 cm³/mol. The van der Waals surface area contributed by atoms with E-state index in [1.54, 1.807) is 6.92 Å². The highest BCUT2D eigenvalue weighted by atomic mass is 19.3. The van der Waals surface area contributed by atoms with Crippen LogP contribution < -0.4 is 5.32 Å². The van der Waals surface area contributed by atoms with Gasteiger partial charge in [-0.2, -0.15) is 8.78 Å². The van der Waals surface area contributed by atoms with E-state index in [1.807, 2.05) is 0 Å². The summed E-state index contributed by atoms with van der Waals surface area (Å²) in [5.41, 5.74) is -0.904. The van der Waals surface area contributed by atoms with Crippen LogP contribution in [0.4, 0.5) is 8.78 Å². The Kier molecular flexibility index (Phi) is 4.34. The number of nitrogens with zero attached hydrogens (tertiary/aromatic N) is 2. The average molecular weight is 235 g/mol. The summed E-state index contributed by atoms with van der Waals surface area (Å²) in [5, 5.41) is 20.8. The minimum Gasteiger partial charge on any atom is -0.394 e. The monoisotopic (exact) mass is 235 g/mol. The molecule has 0 aliphatic heterocycles. The lowest BCUT2D eigenvalue weighted by atomic mass is 10.1. The molecule has 0 radical (unpaired) electrons. The molecule has 5 nitrogen and oxygen atoms in total. The van der Waals surface area contributed by atoms with Crippen LogP contribution in [0.15, 0.2) is 12.4 Å². The predicted octanol–water partition coefficient (Wildman–Crippen LogP) is 0.111. The fourth-order valence-corrected chi connectivity index (χ4v) is 1.11. The Morgan fingerprint density at radius 3 is 2.62 bits per heavy atom. The number of nitrogens with one attached hydrogen (secondary N) is 1. The minimum absolute atomic E-state index is 0.0506. The number of hydrogen-bond acceptors (Lipinski definition) is 4. The van der Waals surface area contributed by atoms with Gasteiger partial charge in [0.25, 0.3) is 0 Å². The lowest BCUT2D eigenvalue weighted by molar-refractivity contribution is 0.0639. The molecule has 0 spiro atoms. The summed E-state index contributed by atoms with van der Waals surface area (Å²) in [6.45, 7) is -1.59. The summed E-state index contributed by atoms with van der Waals surface area (Å²) in [4.78, 5) is 3.77. The van der Waals surface area contributed by atoms with Crippen LogP contribution in [-0.4, -0.2) is 38.5 Å². The van der Waals surface area contributed by atoms with Gasteiger partial charge >= 0.3 is 6.55 Å². The van der Waals surface area contributed by atoms with E-state index in [4.69, 9.17) is 10.2 Å². The molecule has 0 amide bonds. The second-order valence-electron chi connectivity index (χ2n) is 3.76. The smallest absolute Gasteiger partial charge is 0.319 e. The zero-order valence-corrected chi connectivity index (χ0v) is 8.90. The normalized spacial score (nSPS) is 12.4. The first-order valence-corrected chi connectivity index (χ1v) is 4.79. The summed E-state index contributed by atoms with van der Waals surface area (Å²) < 4.78 is 25.6. The molecule has 3 N–H and O–H groups in total. The quantitative estimate of drug-likeness (QED) is 0.654.